The summed E-state index contributed by atoms with van der Waals surface area (Å²) in [6, 6.07) is 0. The minimum Gasteiger partial charge on any atom is -0.462 e. The molecule has 10 nitrogen and oxygen atoms in total. The van der Waals surface area contributed by atoms with Gasteiger partial charge in [-0.3, -0.25) is 4.79 Å². The number of rotatable bonds is 8. The first-order valence-corrected chi connectivity index (χ1v) is 10.4. The highest BCUT2D eigenvalue weighted by atomic mass is 31.1. The molecule has 2 aromatic rings. The molecule has 3 rings (SSSR count). The van der Waals surface area contributed by atoms with Crippen LogP contribution in [-0.4, -0.2) is 45.9 Å². The maximum Gasteiger partial charge on any atom is 0.613 e. The molecule has 0 amide bonds. The van der Waals surface area contributed by atoms with Crippen molar-refractivity contribution >= 4 is 31.0 Å². The van der Waals surface area contributed by atoms with Crippen molar-refractivity contribution in [2.75, 3.05) is 18.9 Å². The number of aromatic nitrogens is 3. The highest BCUT2D eigenvalue weighted by Gasteiger charge is 2.37. The molecule has 29 heavy (non-hydrogen) atoms. The second-order valence-electron chi connectivity index (χ2n) is 7.13. The third kappa shape index (κ3) is 5.05. The quantitative estimate of drug-likeness (QED) is 0.480. The van der Waals surface area contributed by atoms with Crippen LogP contribution in [0, 0.1) is 11.7 Å². The molecule has 0 spiro atoms. The Labute approximate surface area is 167 Å². The van der Waals surface area contributed by atoms with E-state index in [0.29, 0.717) is 12.1 Å². The summed E-state index contributed by atoms with van der Waals surface area (Å²) in [5.41, 5.74) is 6.10. The van der Waals surface area contributed by atoms with E-state index < -0.39 is 26.2 Å². The Bertz CT molecular complexity index is 908. The number of nitrogens with one attached hydrogen (secondary N) is 1. The lowest BCUT2D eigenvalue weighted by molar-refractivity contribution is -0.145. The van der Waals surface area contributed by atoms with Gasteiger partial charge in [0, 0.05) is 12.1 Å². The average molecular weight is 428 g/mol. The van der Waals surface area contributed by atoms with Crippen LogP contribution in [0.4, 0.5) is 10.2 Å². The van der Waals surface area contributed by atoms with Crippen LogP contribution in [0.15, 0.2) is 12.5 Å². The number of esters is 1. The van der Waals surface area contributed by atoms with Crippen molar-refractivity contribution in [1.82, 2.24) is 19.6 Å². The first-order valence-electron chi connectivity index (χ1n) is 9.21. The molecule has 1 aliphatic heterocycles. The molecule has 3 heterocycles. The highest BCUT2D eigenvalue weighted by molar-refractivity contribution is 7.36. The van der Waals surface area contributed by atoms with Crippen LogP contribution in [0.2, 0.25) is 0 Å². The molecule has 1 aliphatic rings. The lowest BCUT2D eigenvalue weighted by atomic mass is 10.1. The van der Waals surface area contributed by atoms with E-state index >= 15 is 0 Å². The average Bonchev–Trinajstić information content (AvgIpc) is 3.18. The number of halogens is 1. The summed E-state index contributed by atoms with van der Waals surface area (Å²) in [6.45, 7) is 5.25. The number of nitrogens with two attached hydrogens (primary N) is 1. The summed E-state index contributed by atoms with van der Waals surface area (Å²) < 4.78 is 43.9. The third-order valence-electron chi connectivity index (χ3n) is 4.42. The molecule has 12 heteroatoms. The van der Waals surface area contributed by atoms with Crippen LogP contribution in [0.3, 0.4) is 0 Å². The number of nitrogens with zero attached hydrogens (tertiary/aromatic N) is 3. The van der Waals surface area contributed by atoms with Gasteiger partial charge in [0.2, 0.25) is 0 Å². The highest BCUT2D eigenvalue weighted by Crippen LogP contribution is 2.38. The van der Waals surface area contributed by atoms with E-state index in [1.54, 1.807) is 18.4 Å². The number of hydrogen-bond acceptors (Lipinski definition) is 8. The van der Waals surface area contributed by atoms with Crippen molar-refractivity contribution in [3.8, 4) is 0 Å². The number of nitrogen functional groups attached to an aromatic ring is 1. The van der Waals surface area contributed by atoms with Crippen molar-refractivity contribution in [1.29, 1.82) is 0 Å². The second kappa shape index (κ2) is 9.08. The van der Waals surface area contributed by atoms with Gasteiger partial charge in [0.15, 0.2) is 11.5 Å². The van der Waals surface area contributed by atoms with Crippen molar-refractivity contribution in [2.45, 2.75) is 45.6 Å². The molecule has 0 aromatic carbocycles. The Morgan fingerprint density at radius 3 is 3.00 bits per heavy atom. The van der Waals surface area contributed by atoms with Crippen LogP contribution in [0.25, 0.3) is 11.0 Å². The number of fused-ring (bicyclic) bond motifs is 1. The lowest BCUT2D eigenvalue weighted by Gasteiger charge is -2.17. The number of carbonyl (C=O) groups is 1. The molecule has 4 atom stereocenters. The maximum atomic E-state index is 14.3. The van der Waals surface area contributed by atoms with Gasteiger partial charge in [0.05, 0.1) is 17.6 Å². The van der Waals surface area contributed by atoms with Gasteiger partial charge in [-0.2, -0.15) is 0 Å². The molecular formula is C17H24FN5O5P+. The standard InChI is InChI=1S/C17H24FN5O5P/c1-9(2)27-13(24)5-22-29(25)26-7-11-4-10(3)17(28-11)23-6-12(18)14-15(19)20-8-21-16(14)23/h6,8-11,17H,4-5,7H2,1-3H3,(H,22,25)(H2,19,20,21)/q+1. The van der Waals surface area contributed by atoms with E-state index in [1.165, 1.54) is 12.5 Å². The van der Waals surface area contributed by atoms with Crippen LogP contribution >= 0.6 is 8.18 Å². The minimum absolute atomic E-state index is 0.0293. The maximum absolute atomic E-state index is 14.3. The Morgan fingerprint density at radius 1 is 1.52 bits per heavy atom. The van der Waals surface area contributed by atoms with Gasteiger partial charge < -0.3 is 19.8 Å². The minimum atomic E-state index is -2.25. The van der Waals surface area contributed by atoms with Crippen molar-refractivity contribution in [3.63, 3.8) is 0 Å². The van der Waals surface area contributed by atoms with Gasteiger partial charge in [-0.05, 0) is 24.8 Å². The molecule has 0 saturated carbocycles. The van der Waals surface area contributed by atoms with E-state index in [2.05, 4.69) is 15.1 Å². The monoisotopic (exact) mass is 428 g/mol. The normalized spacial score (nSPS) is 22.4. The molecule has 1 fully saturated rings. The summed E-state index contributed by atoms with van der Waals surface area (Å²) in [4.78, 5) is 19.4. The zero-order valence-electron chi connectivity index (χ0n) is 16.4. The number of hydrogen-bond donors (Lipinski definition) is 2. The fraction of sp³-hybridized carbons (Fsp3) is 0.588. The molecule has 3 N–H and O–H groups in total. The van der Waals surface area contributed by atoms with Gasteiger partial charge >= 0.3 is 14.1 Å². The largest absolute Gasteiger partial charge is 0.613 e. The van der Waals surface area contributed by atoms with Gasteiger partial charge in [0.1, 0.15) is 31.5 Å². The molecule has 1 saturated heterocycles. The predicted octanol–water partition coefficient (Wildman–Crippen LogP) is 2.29. The predicted molar refractivity (Wildman–Crippen MR) is 102 cm³/mol. The van der Waals surface area contributed by atoms with Crippen molar-refractivity contribution in [2.24, 2.45) is 5.92 Å². The SMILES string of the molecule is CC(C)OC(=O)CN[P+](=O)OCC1CC(C)C(n2cc(F)c3c(N)ncnc32)O1. The van der Waals surface area contributed by atoms with Gasteiger partial charge in [-0.25, -0.2) is 14.4 Å². The molecule has 2 aromatic heterocycles. The summed E-state index contributed by atoms with van der Waals surface area (Å²) in [5, 5.41) is 2.63. The zero-order valence-corrected chi connectivity index (χ0v) is 17.3. The molecule has 0 aliphatic carbocycles. The van der Waals surface area contributed by atoms with E-state index in [9.17, 15) is 13.8 Å². The Kier molecular flexibility index (Phi) is 6.74. The van der Waals surface area contributed by atoms with Gasteiger partial charge in [-0.15, -0.1) is 4.52 Å². The summed E-state index contributed by atoms with van der Waals surface area (Å²) in [7, 11) is -2.25. The molecule has 0 bridgehead atoms. The molecule has 4 unspecified atom stereocenters. The Balaban J connectivity index is 1.56. The van der Waals surface area contributed by atoms with E-state index in [-0.39, 0.29) is 42.5 Å². The molecule has 158 valence electrons. The van der Waals surface area contributed by atoms with E-state index in [0.717, 1.165) is 0 Å². The van der Waals surface area contributed by atoms with Crippen LogP contribution < -0.4 is 10.8 Å². The third-order valence-corrected chi connectivity index (χ3v) is 5.22. The van der Waals surface area contributed by atoms with Crippen LogP contribution in [-0.2, 0) is 23.4 Å². The molecule has 0 radical (unpaired) electrons. The smallest absolute Gasteiger partial charge is 0.462 e. The topological polar surface area (TPSA) is 131 Å². The van der Waals surface area contributed by atoms with E-state index in [4.69, 9.17) is 19.7 Å². The second-order valence-corrected chi connectivity index (χ2v) is 8.22. The van der Waals surface area contributed by atoms with Crippen molar-refractivity contribution < 1.29 is 27.7 Å². The summed E-state index contributed by atoms with van der Waals surface area (Å²) in [5.74, 6) is -0.938. The number of anilines is 1. The van der Waals surface area contributed by atoms with Crippen LogP contribution in [0.1, 0.15) is 33.4 Å². The molecular weight excluding hydrogens is 404 g/mol. The lowest BCUT2D eigenvalue weighted by Crippen LogP contribution is -2.23. The van der Waals surface area contributed by atoms with Gasteiger partial charge in [0.25, 0.3) is 0 Å². The van der Waals surface area contributed by atoms with Crippen LogP contribution in [0.5, 0.6) is 0 Å². The Hall–Kier alpha value is -2.20. The zero-order chi connectivity index (χ0) is 21.1. The Morgan fingerprint density at radius 2 is 2.28 bits per heavy atom. The number of carbonyl (C=O) groups excluding carboxylic acids is 1. The van der Waals surface area contributed by atoms with Crippen molar-refractivity contribution in [3.05, 3.63) is 18.3 Å². The number of ether oxygens (including phenoxy) is 2. The first kappa shape index (κ1) is 21.5. The van der Waals surface area contributed by atoms with E-state index in [1.807, 2.05) is 6.92 Å². The first-order chi connectivity index (χ1) is 13.8. The fourth-order valence-corrected chi connectivity index (χ4v) is 3.90. The summed E-state index contributed by atoms with van der Waals surface area (Å²) in [6.07, 6.45) is 2.11. The summed E-state index contributed by atoms with van der Waals surface area (Å²) >= 11 is 0. The fourth-order valence-electron chi connectivity index (χ4n) is 3.25. The van der Waals surface area contributed by atoms with Gasteiger partial charge in [-0.1, -0.05) is 12.0 Å².